The van der Waals surface area contributed by atoms with Crippen molar-refractivity contribution < 1.29 is 4.79 Å². The molecule has 124 valence electrons. The summed E-state index contributed by atoms with van der Waals surface area (Å²) in [4.78, 5) is 12.4. The van der Waals surface area contributed by atoms with E-state index < -0.39 is 0 Å². The summed E-state index contributed by atoms with van der Waals surface area (Å²) in [5.74, 6) is -0.0361. The topological polar surface area (TPSA) is 41.1 Å². The van der Waals surface area contributed by atoms with Gasteiger partial charge in [0, 0.05) is 3.57 Å². The fourth-order valence-corrected chi connectivity index (χ4v) is 3.85. The molecule has 1 aliphatic carbocycles. The number of para-hydroxylation sites is 1. The molecule has 0 saturated heterocycles. The second-order valence-electron chi connectivity index (χ2n) is 6.02. The van der Waals surface area contributed by atoms with E-state index in [2.05, 4.69) is 69.6 Å². The summed E-state index contributed by atoms with van der Waals surface area (Å²) < 4.78 is 1.03. The van der Waals surface area contributed by atoms with Gasteiger partial charge in [-0.05, 0) is 57.0 Å². The van der Waals surface area contributed by atoms with Crippen LogP contribution in [0.5, 0.6) is 0 Å². The Bertz CT molecular complexity index is 893. The van der Waals surface area contributed by atoms with Gasteiger partial charge in [0.2, 0.25) is 5.91 Å². The summed E-state index contributed by atoms with van der Waals surface area (Å²) in [5.41, 5.74) is 5.79. The fourth-order valence-electron chi connectivity index (χ4n) is 3.33. The Morgan fingerprint density at radius 1 is 0.840 bits per heavy atom. The summed E-state index contributed by atoms with van der Waals surface area (Å²) in [6.07, 6.45) is 0. The van der Waals surface area contributed by atoms with Crippen molar-refractivity contribution >= 4 is 34.2 Å². The fraction of sp³-hybridized carbons (Fsp3) is 0.0952. The first kappa shape index (κ1) is 16.3. The molecule has 0 aliphatic heterocycles. The van der Waals surface area contributed by atoms with E-state index in [1.165, 1.54) is 22.3 Å². The SMILES string of the molecule is O=C(CNC1c2ccccc2-c2ccccc21)Nc1ccccc1I. The normalized spacial score (nSPS) is 12.5. The van der Waals surface area contributed by atoms with Crippen molar-refractivity contribution in [3.63, 3.8) is 0 Å². The molecule has 25 heavy (non-hydrogen) atoms. The lowest BCUT2D eigenvalue weighted by molar-refractivity contribution is -0.115. The lowest BCUT2D eigenvalue weighted by Crippen LogP contribution is -2.31. The Morgan fingerprint density at radius 2 is 1.40 bits per heavy atom. The Hall–Kier alpha value is -2.18. The van der Waals surface area contributed by atoms with E-state index in [0.29, 0.717) is 0 Å². The molecule has 0 radical (unpaired) electrons. The number of hydrogen-bond acceptors (Lipinski definition) is 2. The summed E-state index contributed by atoms with van der Waals surface area (Å²) in [7, 11) is 0. The molecule has 0 bridgehead atoms. The lowest BCUT2D eigenvalue weighted by Gasteiger charge is -2.16. The minimum atomic E-state index is -0.0361. The molecule has 3 aromatic rings. The highest BCUT2D eigenvalue weighted by molar-refractivity contribution is 14.1. The van der Waals surface area contributed by atoms with Crippen LogP contribution in [-0.2, 0) is 4.79 Å². The molecule has 0 spiro atoms. The number of fused-ring (bicyclic) bond motifs is 3. The maximum absolute atomic E-state index is 12.4. The molecule has 0 unspecified atom stereocenters. The Morgan fingerprint density at radius 3 is 2.04 bits per heavy atom. The zero-order valence-electron chi connectivity index (χ0n) is 13.5. The molecule has 3 aromatic carbocycles. The van der Waals surface area contributed by atoms with Crippen molar-refractivity contribution in [2.75, 3.05) is 11.9 Å². The van der Waals surface area contributed by atoms with Crippen molar-refractivity contribution in [1.82, 2.24) is 5.32 Å². The molecule has 0 atom stereocenters. The third-order valence-corrected chi connectivity index (χ3v) is 5.39. The van der Waals surface area contributed by atoms with Crippen LogP contribution in [0.2, 0.25) is 0 Å². The Kier molecular flexibility index (Phi) is 4.55. The summed E-state index contributed by atoms with van der Waals surface area (Å²) in [6.45, 7) is 0.262. The first-order valence-corrected chi connectivity index (χ1v) is 9.28. The van der Waals surface area contributed by atoms with E-state index in [4.69, 9.17) is 0 Å². The van der Waals surface area contributed by atoms with Crippen LogP contribution in [0, 0.1) is 3.57 Å². The first-order valence-electron chi connectivity index (χ1n) is 8.20. The lowest BCUT2D eigenvalue weighted by atomic mass is 10.1. The molecule has 2 N–H and O–H groups in total. The molecule has 4 heteroatoms. The quantitative estimate of drug-likeness (QED) is 0.583. The van der Waals surface area contributed by atoms with Crippen molar-refractivity contribution in [3.05, 3.63) is 87.5 Å². The molecule has 0 fully saturated rings. The third kappa shape index (κ3) is 3.19. The number of carbonyl (C=O) groups excluding carboxylic acids is 1. The van der Waals surface area contributed by atoms with Gasteiger partial charge >= 0.3 is 0 Å². The van der Waals surface area contributed by atoms with Gasteiger partial charge in [0.1, 0.15) is 0 Å². The van der Waals surface area contributed by atoms with Crippen LogP contribution in [0.4, 0.5) is 5.69 Å². The molecule has 1 aliphatic rings. The average Bonchev–Trinajstić information content (AvgIpc) is 2.96. The summed E-state index contributed by atoms with van der Waals surface area (Å²) >= 11 is 2.23. The van der Waals surface area contributed by atoms with Gasteiger partial charge in [0.05, 0.1) is 18.3 Å². The van der Waals surface area contributed by atoms with Crippen LogP contribution >= 0.6 is 22.6 Å². The van der Waals surface area contributed by atoms with Crippen molar-refractivity contribution in [2.24, 2.45) is 0 Å². The highest BCUT2D eigenvalue weighted by Crippen LogP contribution is 2.42. The number of rotatable bonds is 4. The van der Waals surface area contributed by atoms with Crippen molar-refractivity contribution in [2.45, 2.75) is 6.04 Å². The van der Waals surface area contributed by atoms with E-state index >= 15 is 0 Å². The van der Waals surface area contributed by atoms with Crippen LogP contribution in [0.25, 0.3) is 11.1 Å². The monoisotopic (exact) mass is 440 g/mol. The van der Waals surface area contributed by atoms with Gasteiger partial charge in [-0.1, -0.05) is 60.7 Å². The van der Waals surface area contributed by atoms with Crippen LogP contribution < -0.4 is 10.6 Å². The van der Waals surface area contributed by atoms with Gasteiger partial charge in [-0.25, -0.2) is 0 Å². The van der Waals surface area contributed by atoms with E-state index in [1.54, 1.807) is 0 Å². The maximum Gasteiger partial charge on any atom is 0.238 e. The second-order valence-corrected chi connectivity index (χ2v) is 7.18. The van der Waals surface area contributed by atoms with E-state index in [1.807, 2.05) is 36.4 Å². The van der Waals surface area contributed by atoms with E-state index in [-0.39, 0.29) is 18.5 Å². The molecular formula is C21H17IN2O. The maximum atomic E-state index is 12.4. The summed E-state index contributed by atoms with van der Waals surface area (Å²) in [5, 5.41) is 6.39. The van der Waals surface area contributed by atoms with Crippen LogP contribution in [0.15, 0.2) is 72.8 Å². The molecule has 0 heterocycles. The molecule has 1 amide bonds. The number of benzene rings is 3. The van der Waals surface area contributed by atoms with Gasteiger partial charge in [0.25, 0.3) is 0 Å². The van der Waals surface area contributed by atoms with Gasteiger partial charge in [0.15, 0.2) is 0 Å². The Balaban J connectivity index is 1.51. The molecule has 3 nitrogen and oxygen atoms in total. The van der Waals surface area contributed by atoms with Gasteiger partial charge in [-0.2, -0.15) is 0 Å². The number of hydrogen-bond donors (Lipinski definition) is 2. The Labute approximate surface area is 160 Å². The number of carbonyl (C=O) groups is 1. The minimum absolute atomic E-state index is 0.0361. The zero-order valence-corrected chi connectivity index (χ0v) is 15.7. The number of amides is 1. The molecule has 0 saturated carbocycles. The summed E-state index contributed by atoms with van der Waals surface area (Å²) in [6, 6.07) is 24.6. The largest absolute Gasteiger partial charge is 0.324 e. The van der Waals surface area contributed by atoms with Gasteiger partial charge < -0.3 is 5.32 Å². The van der Waals surface area contributed by atoms with Crippen LogP contribution in [0.3, 0.4) is 0 Å². The number of anilines is 1. The van der Waals surface area contributed by atoms with Crippen molar-refractivity contribution in [1.29, 1.82) is 0 Å². The number of halogens is 1. The van der Waals surface area contributed by atoms with Gasteiger partial charge in [-0.3, -0.25) is 10.1 Å². The van der Waals surface area contributed by atoms with E-state index in [9.17, 15) is 4.79 Å². The van der Waals surface area contributed by atoms with Crippen LogP contribution in [-0.4, -0.2) is 12.5 Å². The predicted octanol–water partition coefficient (Wildman–Crippen LogP) is 4.59. The molecular weight excluding hydrogens is 423 g/mol. The molecule has 4 rings (SSSR count). The molecule has 0 aromatic heterocycles. The standard InChI is InChI=1S/C21H17IN2O/c22-18-11-5-6-12-19(18)24-20(25)13-23-21-16-9-3-1-7-14(16)15-8-2-4-10-17(15)21/h1-12,21,23H,13H2,(H,24,25). The smallest absolute Gasteiger partial charge is 0.238 e. The highest BCUT2D eigenvalue weighted by atomic mass is 127. The predicted molar refractivity (Wildman–Crippen MR) is 110 cm³/mol. The zero-order chi connectivity index (χ0) is 17.2. The van der Waals surface area contributed by atoms with E-state index in [0.717, 1.165) is 9.26 Å². The number of nitrogens with one attached hydrogen (secondary N) is 2. The van der Waals surface area contributed by atoms with Gasteiger partial charge in [-0.15, -0.1) is 0 Å². The van der Waals surface area contributed by atoms with Crippen molar-refractivity contribution in [3.8, 4) is 11.1 Å². The average molecular weight is 440 g/mol. The highest BCUT2D eigenvalue weighted by Gasteiger charge is 2.27. The third-order valence-electron chi connectivity index (χ3n) is 4.45. The minimum Gasteiger partial charge on any atom is -0.324 e. The first-order chi connectivity index (χ1) is 12.2. The second kappa shape index (κ2) is 6.98. The van der Waals surface area contributed by atoms with Crippen LogP contribution in [0.1, 0.15) is 17.2 Å².